The SMILES string of the molecule is COc1ccc(CN)cc1-c1cccc(CN)c1. The van der Waals surface area contributed by atoms with E-state index in [0.29, 0.717) is 13.1 Å². The van der Waals surface area contributed by atoms with Gasteiger partial charge in [-0.2, -0.15) is 0 Å². The van der Waals surface area contributed by atoms with Crippen LogP contribution in [0.4, 0.5) is 0 Å². The van der Waals surface area contributed by atoms with Crippen LogP contribution in [0.15, 0.2) is 42.5 Å². The maximum absolute atomic E-state index is 5.68. The molecule has 0 amide bonds. The second kappa shape index (κ2) is 5.67. The van der Waals surface area contributed by atoms with Gasteiger partial charge < -0.3 is 16.2 Å². The number of rotatable bonds is 4. The van der Waals surface area contributed by atoms with E-state index in [9.17, 15) is 0 Å². The maximum Gasteiger partial charge on any atom is 0.126 e. The average molecular weight is 242 g/mol. The summed E-state index contributed by atoms with van der Waals surface area (Å²) in [7, 11) is 1.67. The topological polar surface area (TPSA) is 61.3 Å². The maximum atomic E-state index is 5.68. The summed E-state index contributed by atoms with van der Waals surface area (Å²) in [6, 6.07) is 14.2. The number of ether oxygens (including phenoxy) is 1. The molecule has 18 heavy (non-hydrogen) atoms. The summed E-state index contributed by atoms with van der Waals surface area (Å²) in [5.41, 5.74) is 15.7. The second-order valence-electron chi connectivity index (χ2n) is 4.14. The first kappa shape index (κ1) is 12.6. The molecule has 0 radical (unpaired) electrons. The van der Waals surface area contributed by atoms with Crippen molar-refractivity contribution in [2.75, 3.05) is 7.11 Å². The Kier molecular flexibility index (Phi) is 3.97. The molecule has 0 spiro atoms. The quantitative estimate of drug-likeness (QED) is 0.864. The molecule has 0 aliphatic carbocycles. The molecule has 94 valence electrons. The van der Waals surface area contributed by atoms with Gasteiger partial charge in [0.2, 0.25) is 0 Å². The zero-order valence-electron chi connectivity index (χ0n) is 10.5. The average Bonchev–Trinajstić information content (AvgIpc) is 2.46. The molecule has 0 saturated heterocycles. The van der Waals surface area contributed by atoms with E-state index >= 15 is 0 Å². The highest BCUT2D eigenvalue weighted by Crippen LogP contribution is 2.31. The van der Waals surface area contributed by atoms with Crippen molar-refractivity contribution < 1.29 is 4.74 Å². The Morgan fingerprint density at radius 3 is 2.33 bits per heavy atom. The van der Waals surface area contributed by atoms with Gasteiger partial charge in [0.1, 0.15) is 5.75 Å². The van der Waals surface area contributed by atoms with Crippen molar-refractivity contribution >= 4 is 0 Å². The van der Waals surface area contributed by atoms with Crippen molar-refractivity contribution in [1.82, 2.24) is 0 Å². The zero-order chi connectivity index (χ0) is 13.0. The van der Waals surface area contributed by atoms with E-state index in [-0.39, 0.29) is 0 Å². The lowest BCUT2D eigenvalue weighted by Crippen LogP contribution is -1.99. The van der Waals surface area contributed by atoms with E-state index in [2.05, 4.69) is 18.2 Å². The molecule has 0 unspecified atom stereocenters. The third-order valence-corrected chi connectivity index (χ3v) is 2.97. The minimum Gasteiger partial charge on any atom is -0.496 e. The van der Waals surface area contributed by atoms with Gasteiger partial charge in [-0.1, -0.05) is 24.3 Å². The first-order chi connectivity index (χ1) is 8.78. The zero-order valence-corrected chi connectivity index (χ0v) is 10.5. The largest absolute Gasteiger partial charge is 0.496 e. The molecule has 3 nitrogen and oxygen atoms in total. The Hall–Kier alpha value is -1.84. The van der Waals surface area contributed by atoms with E-state index in [1.54, 1.807) is 7.11 Å². The fourth-order valence-electron chi connectivity index (χ4n) is 1.97. The minimum atomic E-state index is 0.521. The number of methoxy groups -OCH3 is 1. The lowest BCUT2D eigenvalue weighted by Gasteiger charge is -2.11. The van der Waals surface area contributed by atoms with E-state index < -0.39 is 0 Å². The molecule has 0 bridgehead atoms. The van der Waals surface area contributed by atoms with Crippen LogP contribution in [0.3, 0.4) is 0 Å². The smallest absolute Gasteiger partial charge is 0.126 e. The van der Waals surface area contributed by atoms with Gasteiger partial charge in [-0.15, -0.1) is 0 Å². The van der Waals surface area contributed by atoms with Crippen molar-refractivity contribution in [3.8, 4) is 16.9 Å². The monoisotopic (exact) mass is 242 g/mol. The third-order valence-electron chi connectivity index (χ3n) is 2.97. The normalized spacial score (nSPS) is 10.4. The Balaban J connectivity index is 2.53. The summed E-state index contributed by atoms with van der Waals surface area (Å²) in [6.45, 7) is 1.06. The number of benzene rings is 2. The van der Waals surface area contributed by atoms with Crippen molar-refractivity contribution in [1.29, 1.82) is 0 Å². The van der Waals surface area contributed by atoms with Gasteiger partial charge in [0.15, 0.2) is 0 Å². The van der Waals surface area contributed by atoms with Gasteiger partial charge in [-0.25, -0.2) is 0 Å². The van der Waals surface area contributed by atoms with Gasteiger partial charge in [0, 0.05) is 18.7 Å². The molecule has 0 heterocycles. The van der Waals surface area contributed by atoms with Crippen LogP contribution in [0, 0.1) is 0 Å². The lowest BCUT2D eigenvalue weighted by atomic mass is 10.00. The van der Waals surface area contributed by atoms with Crippen LogP contribution in [0.1, 0.15) is 11.1 Å². The standard InChI is InChI=1S/C15H18N2O/c1-18-15-6-5-12(10-17)8-14(15)13-4-2-3-11(7-13)9-16/h2-8H,9-10,16-17H2,1H3. The van der Waals surface area contributed by atoms with Gasteiger partial charge in [-0.05, 0) is 34.9 Å². The van der Waals surface area contributed by atoms with Crippen molar-refractivity contribution in [3.05, 3.63) is 53.6 Å². The highest BCUT2D eigenvalue weighted by Gasteiger charge is 2.07. The van der Waals surface area contributed by atoms with Crippen LogP contribution in [0.5, 0.6) is 5.75 Å². The molecule has 0 aromatic heterocycles. The van der Waals surface area contributed by atoms with Crippen LogP contribution in [-0.4, -0.2) is 7.11 Å². The number of nitrogens with two attached hydrogens (primary N) is 2. The Morgan fingerprint density at radius 1 is 0.944 bits per heavy atom. The fourth-order valence-corrected chi connectivity index (χ4v) is 1.97. The van der Waals surface area contributed by atoms with Gasteiger partial charge >= 0.3 is 0 Å². The Labute approximate surface area is 107 Å². The second-order valence-corrected chi connectivity index (χ2v) is 4.14. The molecular formula is C15H18N2O. The summed E-state index contributed by atoms with van der Waals surface area (Å²) in [5.74, 6) is 0.848. The highest BCUT2D eigenvalue weighted by molar-refractivity contribution is 5.71. The van der Waals surface area contributed by atoms with Crippen molar-refractivity contribution in [3.63, 3.8) is 0 Å². The molecule has 2 rings (SSSR count). The molecule has 3 heteroatoms. The Bertz CT molecular complexity index is 538. The molecule has 0 saturated carbocycles. The van der Waals surface area contributed by atoms with Crippen LogP contribution in [0.25, 0.3) is 11.1 Å². The van der Waals surface area contributed by atoms with Gasteiger partial charge in [0.05, 0.1) is 7.11 Å². The molecule has 2 aromatic carbocycles. The predicted octanol–water partition coefficient (Wildman–Crippen LogP) is 2.28. The minimum absolute atomic E-state index is 0.521. The third kappa shape index (κ3) is 2.53. The van der Waals surface area contributed by atoms with Crippen LogP contribution < -0.4 is 16.2 Å². The number of hydrogen-bond donors (Lipinski definition) is 2. The summed E-state index contributed by atoms with van der Waals surface area (Å²) in [6.07, 6.45) is 0. The van der Waals surface area contributed by atoms with E-state index in [4.69, 9.17) is 16.2 Å². The predicted molar refractivity (Wildman–Crippen MR) is 74.2 cm³/mol. The molecule has 0 fully saturated rings. The first-order valence-electron chi connectivity index (χ1n) is 5.95. The van der Waals surface area contributed by atoms with Gasteiger partial charge in [-0.3, -0.25) is 0 Å². The Morgan fingerprint density at radius 2 is 1.67 bits per heavy atom. The number of hydrogen-bond acceptors (Lipinski definition) is 3. The van der Waals surface area contributed by atoms with Crippen molar-refractivity contribution in [2.45, 2.75) is 13.1 Å². The lowest BCUT2D eigenvalue weighted by molar-refractivity contribution is 0.416. The van der Waals surface area contributed by atoms with Gasteiger partial charge in [0.25, 0.3) is 0 Å². The van der Waals surface area contributed by atoms with E-state index in [1.165, 1.54) is 0 Å². The van der Waals surface area contributed by atoms with E-state index in [1.807, 2.05) is 24.3 Å². The van der Waals surface area contributed by atoms with Crippen LogP contribution in [-0.2, 0) is 13.1 Å². The molecule has 0 aliphatic rings. The molecule has 0 aliphatic heterocycles. The summed E-state index contributed by atoms with van der Waals surface area (Å²) in [4.78, 5) is 0. The first-order valence-corrected chi connectivity index (χ1v) is 5.95. The van der Waals surface area contributed by atoms with Crippen LogP contribution >= 0.6 is 0 Å². The molecule has 4 N–H and O–H groups in total. The highest BCUT2D eigenvalue weighted by atomic mass is 16.5. The van der Waals surface area contributed by atoms with E-state index in [0.717, 1.165) is 28.0 Å². The van der Waals surface area contributed by atoms with Crippen LogP contribution in [0.2, 0.25) is 0 Å². The molecular weight excluding hydrogens is 224 g/mol. The van der Waals surface area contributed by atoms with Crippen molar-refractivity contribution in [2.24, 2.45) is 11.5 Å². The summed E-state index contributed by atoms with van der Waals surface area (Å²) >= 11 is 0. The molecule has 2 aromatic rings. The summed E-state index contributed by atoms with van der Waals surface area (Å²) in [5, 5.41) is 0. The summed E-state index contributed by atoms with van der Waals surface area (Å²) < 4.78 is 5.40. The fraction of sp³-hybridized carbons (Fsp3) is 0.200. The molecule has 0 atom stereocenters.